The fraction of sp³-hybridized carbons (Fsp3) is 0.421. The maximum absolute atomic E-state index is 13.0. The van der Waals surface area contributed by atoms with Crippen molar-refractivity contribution >= 4 is 50.7 Å². The van der Waals surface area contributed by atoms with Gasteiger partial charge in [-0.1, -0.05) is 23.7 Å². The maximum Gasteiger partial charge on any atom is 0.243 e. The van der Waals surface area contributed by atoms with Crippen LogP contribution < -0.4 is 5.32 Å². The molecule has 28 heavy (non-hydrogen) atoms. The first kappa shape index (κ1) is 21.3. The molecule has 0 saturated carbocycles. The molecule has 2 aromatic carbocycles. The summed E-state index contributed by atoms with van der Waals surface area (Å²) in [4.78, 5) is 14.7. The average molecular weight is 444 g/mol. The monoisotopic (exact) mass is 443 g/mol. The highest BCUT2D eigenvalue weighted by atomic mass is 35.5. The molecule has 0 aliphatic carbocycles. The number of hydrogen-bond acceptors (Lipinski definition) is 4. The van der Waals surface area contributed by atoms with Crippen LogP contribution in [0.5, 0.6) is 0 Å². The van der Waals surface area contributed by atoms with Crippen molar-refractivity contribution < 1.29 is 13.2 Å². The van der Waals surface area contributed by atoms with Gasteiger partial charge in [0.15, 0.2) is 0 Å². The van der Waals surface area contributed by atoms with Crippen molar-refractivity contribution in [2.24, 2.45) is 0 Å². The largest absolute Gasteiger partial charge is 0.337 e. The van der Waals surface area contributed by atoms with Crippen LogP contribution in [-0.4, -0.2) is 62.3 Å². The molecule has 0 radical (unpaired) electrons. The first-order valence-corrected chi connectivity index (χ1v) is 11.0. The Hall–Kier alpha value is -1.38. The minimum Gasteiger partial charge on any atom is -0.337 e. The van der Waals surface area contributed by atoms with E-state index >= 15 is 0 Å². The number of piperidine rings is 1. The Labute approximate surface area is 176 Å². The SMILES string of the molecule is Cl.O=C1CN(S(=O)(=O)c2ccc3cc(Cl)ccc3c2)CCN1C1CCNCC1. The number of rotatable bonds is 3. The molecule has 2 aromatic rings. The molecule has 0 bridgehead atoms. The van der Waals surface area contributed by atoms with E-state index in [0.29, 0.717) is 18.1 Å². The van der Waals surface area contributed by atoms with E-state index in [4.69, 9.17) is 11.6 Å². The molecule has 9 heteroatoms. The number of amides is 1. The Morgan fingerprint density at radius 1 is 1.00 bits per heavy atom. The molecule has 0 aromatic heterocycles. The Kier molecular flexibility index (Phi) is 6.51. The Balaban J connectivity index is 0.00000225. The zero-order valence-electron chi connectivity index (χ0n) is 15.3. The van der Waals surface area contributed by atoms with Crippen molar-refractivity contribution in [3.63, 3.8) is 0 Å². The number of piperazine rings is 1. The van der Waals surface area contributed by atoms with Gasteiger partial charge in [-0.05, 0) is 61.0 Å². The van der Waals surface area contributed by atoms with Crippen LogP contribution in [0.2, 0.25) is 5.02 Å². The van der Waals surface area contributed by atoms with Gasteiger partial charge >= 0.3 is 0 Å². The van der Waals surface area contributed by atoms with Crippen LogP contribution in [0.1, 0.15) is 12.8 Å². The highest BCUT2D eigenvalue weighted by molar-refractivity contribution is 7.89. The fourth-order valence-corrected chi connectivity index (χ4v) is 5.48. The van der Waals surface area contributed by atoms with Crippen LogP contribution in [0, 0.1) is 0 Å². The third kappa shape index (κ3) is 4.14. The summed E-state index contributed by atoms with van der Waals surface area (Å²) in [7, 11) is -3.71. The van der Waals surface area contributed by atoms with Crippen molar-refractivity contribution in [3.05, 3.63) is 41.4 Å². The lowest BCUT2D eigenvalue weighted by atomic mass is 10.0. The topological polar surface area (TPSA) is 69.7 Å². The van der Waals surface area contributed by atoms with Crippen molar-refractivity contribution in [1.29, 1.82) is 0 Å². The van der Waals surface area contributed by atoms with Gasteiger partial charge in [0, 0.05) is 24.2 Å². The average Bonchev–Trinajstić information content (AvgIpc) is 2.68. The van der Waals surface area contributed by atoms with Crippen LogP contribution in [0.3, 0.4) is 0 Å². The molecule has 2 aliphatic heterocycles. The standard InChI is InChI=1S/C19H22ClN3O3S.ClH/c20-16-3-1-15-12-18(4-2-14(15)11-16)27(25,26)22-9-10-23(19(24)13-22)17-5-7-21-8-6-17;/h1-4,11-12,17,21H,5-10,13H2;1H. The molecule has 4 rings (SSSR count). The number of halogens is 2. The second-order valence-electron chi connectivity index (χ2n) is 7.06. The van der Waals surface area contributed by atoms with Gasteiger partial charge in [0.2, 0.25) is 15.9 Å². The summed E-state index contributed by atoms with van der Waals surface area (Å²) in [5.74, 6) is -0.107. The van der Waals surface area contributed by atoms with E-state index in [0.717, 1.165) is 36.7 Å². The van der Waals surface area contributed by atoms with Crippen LogP contribution in [0.15, 0.2) is 41.3 Å². The minimum atomic E-state index is -3.71. The zero-order chi connectivity index (χ0) is 19.0. The highest BCUT2D eigenvalue weighted by Gasteiger charge is 2.35. The van der Waals surface area contributed by atoms with E-state index in [1.165, 1.54) is 4.31 Å². The Morgan fingerprint density at radius 3 is 2.39 bits per heavy atom. The van der Waals surface area contributed by atoms with Gasteiger partial charge in [-0.3, -0.25) is 4.79 Å². The Morgan fingerprint density at radius 2 is 1.68 bits per heavy atom. The van der Waals surface area contributed by atoms with E-state index in [-0.39, 0.29) is 35.8 Å². The van der Waals surface area contributed by atoms with E-state index in [2.05, 4.69) is 5.32 Å². The number of nitrogens with one attached hydrogen (secondary N) is 1. The van der Waals surface area contributed by atoms with Crippen LogP contribution in [-0.2, 0) is 14.8 Å². The van der Waals surface area contributed by atoms with E-state index in [1.807, 2.05) is 4.90 Å². The summed E-state index contributed by atoms with van der Waals surface area (Å²) < 4.78 is 27.4. The second kappa shape index (κ2) is 8.55. The third-order valence-corrected chi connectivity index (χ3v) is 7.46. The van der Waals surface area contributed by atoms with E-state index in [1.54, 1.807) is 36.4 Å². The lowest BCUT2D eigenvalue weighted by Crippen LogP contribution is -2.56. The van der Waals surface area contributed by atoms with Crippen molar-refractivity contribution in [1.82, 2.24) is 14.5 Å². The molecule has 0 unspecified atom stereocenters. The number of carbonyl (C=O) groups excluding carboxylic acids is 1. The number of nitrogens with zero attached hydrogens (tertiary/aromatic N) is 2. The summed E-state index contributed by atoms with van der Waals surface area (Å²) in [5.41, 5.74) is 0. The molecule has 1 amide bonds. The highest BCUT2D eigenvalue weighted by Crippen LogP contribution is 2.26. The number of benzene rings is 2. The number of carbonyl (C=O) groups is 1. The second-order valence-corrected chi connectivity index (χ2v) is 9.43. The first-order valence-electron chi connectivity index (χ1n) is 9.15. The predicted molar refractivity (Wildman–Crippen MR) is 113 cm³/mol. The predicted octanol–water partition coefficient (Wildman–Crippen LogP) is 2.50. The van der Waals surface area contributed by atoms with Crippen molar-refractivity contribution in [2.45, 2.75) is 23.8 Å². The summed E-state index contributed by atoms with van der Waals surface area (Å²) in [6.45, 7) is 2.49. The molecular weight excluding hydrogens is 421 g/mol. The molecule has 152 valence electrons. The zero-order valence-corrected chi connectivity index (χ0v) is 17.7. The quantitative estimate of drug-likeness (QED) is 0.790. The number of hydrogen-bond donors (Lipinski definition) is 1. The molecule has 0 atom stereocenters. The molecule has 2 saturated heterocycles. The normalized spacial score (nSPS) is 19.6. The van der Waals surface area contributed by atoms with Crippen LogP contribution >= 0.6 is 24.0 Å². The number of fused-ring (bicyclic) bond motifs is 1. The molecule has 0 spiro atoms. The lowest BCUT2D eigenvalue weighted by molar-refractivity contribution is -0.137. The lowest BCUT2D eigenvalue weighted by Gasteiger charge is -2.40. The Bertz CT molecular complexity index is 978. The summed E-state index contributed by atoms with van der Waals surface area (Å²) >= 11 is 5.99. The molecule has 2 fully saturated rings. The van der Waals surface area contributed by atoms with E-state index < -0.39 is 10.0 Å². The van der Waals surface area contributed by atoms with E-state index in [9.17, 15) is 13.2 Å². The first-order chi connectivity index (χ1) is 12.9. The van der Waals surface area contributed by atoms with Gasteiger partial charge in [-0.2, -0.15) is 4.31 Å². The van der Waals surface area contributed by atoms with Gasteiger partial charge in [-0.25, -0.2) is 8.42 Å². The van der Waals surface area contributed by atoms with Crippen molar-refractivity contribution in [2.75, 3.05) is 32.7 Å². The van der Waals surface area contributed by atoms with Gasteiger partial charge in [-0.15, -0.1) is 12.4 Å². The summed E-state index contributed by atoms with van der Waals surface area (Å²) in [6.07, 6.45) is 1.84. The molecule has 6 nitrogen and oxygen atoms in total. The third-order valence-electron chi connectivity index (χ3n) is 5.38. The molecule has 2 aliphatic rings. The number of sulfonamides is 1. The fourth-order valence-electron chi connectivity index (χ4n) is 3.88. The maximum atomic E-state index is 13.0. The van der Waals surface area contributed by atoms with Crippen molar-refractivity contribution in [3.8, 4) is 0 Å². The smallest absolute Gasteiger partial charge is 0.243 e. The molecule has 2 heterocycles. The van der Waals surface area contributed by atoms with Gasteiger partial charge < -0.3 is 10.2 Å². The van der Waals surface area contributed by atoms with Gasteiger partial charge in [0.25, 0.3) is 0 Å². The summed E-state index contributed by atoms with van der Waals surface area (Å²) in [6, 6.07) is 10.5. The molecular formula is C19H23Cl2N3O3S. The van der Waals surface area contributed by atoms with Gasteiger partial charge in [0.1, 0.15) is 0 Å². The minimum absolute atomic E-state index is 0. The van der Waals surface area contributed by atoms with Crippen LogP contribution in [0.4, 0.5) is 0 Å². The van der Waals surface area contributed by atoms with Crippen LogP contribution in [0.25, 0.3) is 10.8 Å². The summed E-state index contributed by atoms with van der Waals surface area (Å²) in [5, 5.41) is 5.59. The molecule has 1 N–H and O–H groups in total. The van der Waals surface area contributed by atoms with Gasteiger partial charge in [0.05, 0.1) is 11.4 Å².